The second kappa shape index (κ2) is 5.98. The number of anilines is 1. The lowest BCUT2D eigenvalue weighted by molar-refractivity contribution is 0.0840. The molecule has 0 amide bonds. The number of nitrogens with zero attached hydrogens (tertiary/aromatic N) is 2. The Morgan fingerprint density at radius 1 is 1.47 bits per heavy atom. The van der Waals surface area contributed by atoms with E-state index in [2.05, 4.69) is 21.3 Å². The number of rotatable bonds is 4. The minimum atomic E-state index is 0.266. The number of piperidine rings is 1. The number of likely N-dealkylation sites (tertiary alicyclic amines) is 1. The molecule has 0 spiro atoms. The van der Waals surface area contributed by atoms with Crippen molar-refractivity contribution in [1.82, 2.24) is 9.88 Å². The molecule has 0 aliphatic carbocycles. The van der Waals surface area contributed by atoms with Crippen LogP contribution in [0, 0.1) is 0 Å². The number of nitrogens with one attached hydrogen (secondary N) is 1. The first-order valence-electron chi connectivity index (χ1n) is 6.31. The first-order chi connectivity index (χ1) is 8.33. The Hall–Kier alpha value is -1.13. The van der Waals surface area contributed by atoms with Gasteiger partial charge < -0.3 is 10.4 Å². The fourth-order valence-corrected chi connectivity index (χ4v) is 2.38. The van der Waals surface area contributed by atoms with E-state index >= 15 is 0 Å². The van der Waals surface area contributed by atoms with Gasteiger partial charge in [-0.25, -0.2) is 4.98 Å². The van der Waals surface area contributed by atoms with Crippen molar-refractivity contribution in [2.45, 2.75) is 31.8 Å². The molecule has 0 aromatic carbocycles. The highest BCUT2D eigenvalue weighted by Gasteiger charge is 2.21. The van der Waals surface area contributed by atoms with Crippen molar-refractivity contribution in [3.05, 3.63) is 23.9 Å². The molecule has 1 saturated heterocycles. The van der Waals surface area contributed by atoms with Crippen LogP contribution in [-0.4, -0.2) is 41.2 Å². The van der Waals surface area contributed by atoms with Crippen LogP contribution < -0.4 is 5.32 Å². The fourth-order valence-electron chi connectivity index (χ4n) is 2.38. The summed E-state index contributed by atoms with van der Waals surface area (Å²) in [5.41, 5.74) is 1.21. The summed E-state index contributed by atoms with van der Waals surface area (Å²) in [7, 11) is 1.87. The van der Waals surface area contributed by atoms with Crippen LogP contribution in [-0.2, 0) is 6.54 Å². The third kappa shape index (κ3) is 3.17. The van der Waals surface area contributed by atoms with Crippen molar-refractivity contribution in [2.24, 2.45) is 0 Å². The van der Waals surface area contributed by atoms with E-state index in [-0.39, 0.29) is 6.61 Å². The lowest BCUT2D eigenvalue weighted by Crippen LogP contribution is -2.41. The molecule has 0 radical (unpaired) electrons. The Bertz CT molecular complexity index is 339. The molecule has 2 rings (SSSR count). The van der Waals surface area contributed by atoms with Gasteiger partial charge in [-0.05, 0) is 31.0 Å². The van der Waals surface area contributed by atoms with Crippen molar-refractivity contribution >= 4 is 5.82 Å². The van der Waals surface area contributed by atoms with Gasteiger partial charge in [0.05, 0.1) is 6.61 Å². The van der Waals surface area contributed by atoms with Crippen LogP contribution in [0.2, 0.25) is 0 Å². The number of hydrogen-bond donors (Lipinski definition) is 2. The first kappa shape index (κ1) is 12.3. The number of aliphatic hydroxyl groups excluding tert-OH is 1. The SMILES string of the molecule is CNc1ccc(CN2CCCCC2CO)cn1. The van der Waals surface area contributed by atoms with Crippen LogP contribution in [0.25, 0.3) is 0 Å². The monoisotopic (exact) mass is 235 g/mol. The normalized spacial score (nSPS) is 21.4. The average molecular weight is 235 g/mol. The number of pyridine rings is 1. The quantitative estimate of drug-likeness (QED) is 0.829. The molecule has 0 bridgehead atoms. The second-order valence-corrected chi connectivity index (χ2v) is 4.60. The summed E-state index contributed by atoms with van der Waals surface area (Å²) in [6, 6.07) is 4.42. The fraction of sp³-hybridized carbons (Fsp3) is 0.615. The van der Waals surface area contributed by atoms with Crippen LogP contribution in [0.4, 0.5) is 5.82 Å². The van der Waals surface area contributed by atoms with Crippen LogP contribution in [0.1, 0.15) is 24.8 Å². The Balaban J connectivity index is 1.98. The molecule has 1 fully saturated rings. The molecular formula is C13H21N3O. The summed E-state index contributed by atoms with van der Waals surface area (Å²) in [6.45, 7) is 2.24. The Kier molecular flexibility index (Phi) is 4.34. The third-order valence-corrected chi connectivity index (χ3v) is 3.43. The highest BCUT2D eigenvalue weighted by Crippen LogP contribution is 2.19. The van der Waals surface area contributed by atoms with Gasteiger partial charge in [0.2, 0.25) is 0 Å². The molecule has 2 N–H and O–H groups in total. The standard InChI is InChI=1S/C13H21N3O/c1-14-13-6-5-11(8-15-13)9-16-7-3-2-4-12(16)10-17/h5-6,8,12,17H,2-4,7,9-10H2,1H3,(H,14,15). The highest BCUT2D eigenvalue weighted by atomic mass is 16.3. The second-order valence-electron chi connectivity index (χ2n) is 4.60. The lowest BCUT2D eigenvalue weighted by atomic mass is 10.0. The van der Waals surface area contributed by atoms with Gasteiger partial charge in [0, 0.05) is 25.8 Å². The van der Waals surface area contributed by atoms with Crippen molar-refractivity contribution in [1.29, 1.82) is 0 Å². The number of hydrogen-bond acceptors (Lipinski definition) is 4. The predicted octanol–water partition coefficient (Wildman–Crippen LogP) is 1.47. The van der Waals surface area contributed by atoms with Gasteiger partial charge in [0.1, 0.15) is 5.82 Å². The zero-order chi connectivity index (χ0) is 12.1. The molecule has 1 atom stereocenters. The zero-order valence-electron chi connectivity index (χ0n) is 10.4. The van der Waals surface area contributed by atoms with Crippen molar-refractivity contribution < 1.29 is 5.11 Å². The van der Waals surface area contributed by atoms with E-state index < -0.39 is 0 Å². The largest absolute Gasteiger partial charge is 0.395 e. The highest BCUT2D eigenvalue weighted by molar-refractivity contribution is 5.34. The zero-order valence-corrected chi connectivity index (χ0v) is 10.4. The van der Waals surface area contributed by atoms with Crippen molar-refractivity contribution in [2.75, 3.05) is 25.5 Å². The molecule has 4 nitrogen and oxygen atoms in total. The van der Waals surface area contributed by atoms with E-state index in [1.807, 2.05) is 19.3 Å². The van der Waals surface area contributed by atoms with E-state index in [4.69, 9.17) is 0 Å². The molecule has 17 heavy (non-hydrogen) atoms. The van der Waals surface area contributed by atoms with Gasteiger partial charge in [-0.15, -0.1) is 0 Å². The van der Waals surface area contributed by atoms with E-state index in [0.717, 1.165) is 25.3 Å². The van der Waals surface area contributed by atoms with E-state index in [9.17, 15) is 5.11 Å². The molecular weight excluding hydrogens is 214 g/mol. The Morgan fingerprint density at radius 2 is 2.35 bits per heavy atom. The Labute approximate surface area is 103 Å². The maximum Gasteiger partial charge on any atom is 0.125 e. The first-order valence-corrected chi connectivity index (χ1v) is 6.31. The molecule has 94 valence electrons. The molecule has 1 aromatic heterocycles. The van der Waals surface area contributed by atoms with Crippen molar-refractivity contribution in [3.8, 4) is 0 Å². The molecule has 2 heterocycles. The molecule has 4 heteroatoms. The van der Waals surface area contributed by atoms with E-state index in [0.29, 0.717) is 6.04 Å². The summed E-state index contributed by atoms with van der Waals surface area (Å²) in [6.07, 6.45) is 5.49. The molecule has 0 saturated carbocycles. The third-order valence-electron chi connectivity index (χ3n) is 3.43. The van der Waals surface area contributed by atoms with Gasteiger partial charge in [-0.1, -0.05) is 12.5 Å². The summed E-state index contributed by atoms with van der Waals surface area (Å²) in [4.78, 5) is 6.67. The summed E-state index contributed by atoms with van der Waals surface area (Å²) >= 11 is 0. The van der Waals surface area contributed by atoms with Crippen LogP contribution in [0.5, 0.6) is 0 Å². The molecule has 1 unspecified atom stereocenters. The van der Waals surface area contributed by atoms with Crippen LogP contribution in [0.3, 0.4) is 0 Å². The van der Waals surface area contributed by atoms with Crippen LogP contribution >= 0.6 is 0 Å². The minimum Gasteiger partial charge on any atom is -0.395 e. The molecule has 1 aromatic rings. The number of aliphatic hydroxyl groups is 1. The lowest BCUT2D eigenvalue weighted by Gasteiger charge is -2.34. The van der Waals surface area contributed by atoms with Gasteiger partial charge >= 0.3 is 0 Å². The van der Waals surface area contributed by atoms with Gasteiger partial charge in [0.25, 0.3) is 0 Å². The summed E-state index contributed by atoms with van der Waals surface area (Å²) in [5.74, 6) is 0.895. The predicted molar refractivity (Wildman–Crippen MR) is 68.9 cm³/mol. The smallest absolute Gasteiger partial charge is 0.125 e. The van der Waals surface area contributed by atoms with Gasteiger partial charge in [-0.2, -0.15) is 0 Å². The van der Waals surface area contributed by atoms with E-state index in [1.54, 1.807) is 0 Å². The average Bonchev–Trinajstić information content (AvgIpc) is 2.40. The topological polar surface area (TPSA) is 48.4 Å². The molecule has 1 aliphatic rings. The van der Waals surface area contributed by atoms with Gasteiger partial charge in [-0.3, -0.25) is 4.90 Å². The minimum absolute atomic E-state index is 0.266. The maximum atomic E-state index is 9.35. The van der Waals surface area contributed by atoms with Crippen molar-refractivity contribution in [3.63, 3.8) is 0 Å². The summed E-state index contributed by atoms with van der Waals surface area (Å²) in [5, 5.41) is 12.4. The number of aromatic nitrogens is 1. The Morgan fingerprint density at radius 3 is 3.00 bits per heavy atom. The molecule has 1 aliphatic heterocycles. The maximum absolute atomic E-state index is 9.35. The van der Waals surface area contributed by atoms with E-state index in [1.165, 1.54) is 18.4 Å². The summed E-state index contributed by atoms with van der Waals surface area (Å²) < 4.78 is 0. The van der Waals surface area contributed by atoms with Crippen LogP contribution in [0.15, 0.2) is 18.3 Å². The van der Waals surface area contributed by atoms with Gasteiger partial charge in [0.15, 0.2) is 0 Å².